The Bertz CT molecular complexity index is 202. The molecule has 1 N–H and O–H groups in total. The number of methoxy groups -OCH3 is 1. The molecule has 0 saturated heterocycles. The van der Waals surface area contributed by atoms with Gasteiger partial charge in [-0.05, 0) is 6.42 Å². The average Bonchev–Trinajstić information content (AvgIpc) is 2.58. The van der Waals surface area contributed by atoms with Crippen LogP contribution < -0.4 is 0 Å². The van der Waals surface area contributed by atoms with E-state index in [1.54, 1.807) is 7.11 Å². The van der Waals surface area contributed by atoms with Gasteiger partial charge in [-0.3, -0.25) is 0 Å². The van der Waals surface area contributed by atoms with Crippen LogP contribution in [0.15, 0.2) is 0 Å². The molecule has 0 aromatic rings. The van der Waals surface area contributed by atoms with E-state index in [4.69, 9.17) is 9.84 Å². The van der Waals surface area contributed by atoms with E-state index in [-0.39, 0.29) is 12.7 Å². The molecule has 140 valence electrons. The number of hydrogen-bond acceptors (Lipinski definition) is 2. The Morgan fingerprint density at radius 1 is 0.609 bits per heavy atom. The lowest BCUT2D eigenvalue weighted by Gasteiger charge is -2.11. The first-order valence-electron chi connectivity index (χ1n) is 10.5. The lowest BCUT2D eigenvalue weighted by molar-refractivity contribution is 0.0415. The van der Waals surface area contributed by atoms with Crippen LogP contribution in [-0.2, 0) is 4.74 Å². The molecule has 1 atom stereocenters. The van der Waals surface area contributed by atoms with Gasteiger partial charge in [-0.25, -0.2) is 0 Å². The van der Waals surface area contributed by atoms with Crippen LogP contribution in [0.4, 0.5) is 0 Å². The predicted molar refractivity (Wildman–Crippen MR) is 102 cm³/mol. The molecular formula is C21H44O2. The molecule has 0 aromatic carbocycles. The molecule has 2 heteroatoms. The molecular weight excluding hydrogens is 284 g/mol. The highest BCUT2D eigenvalue weighted by atomic mass is 16.5. The summed E-state index contributed by atoms with van der Waals surface area (Å²) in [4.78, 5) is 0. The molecule has 0 amide bonds. The van der Waals surface area contributed by atoms with Crippen LogP contribution in [0.2, 0.25) is 0 Å². The van der Waals surface area contributed by atoms with Crippen LogP contribution in [0, 0.1) is 0 Å². The lowest BCUT2D eigenvalue weighted by atomic mass is 10.0. The van der Waals surface area contributed by atoms with Crippen molar-refractivity contribution >= 4 is 0 Å². The molecule has 0 spiro atoms. The third-order valence-electron chi connectivity index (χ3n) is 4.92. The summed E-state index contributed by atoms with van der Waals surface area (Å²) in [5.74, 6) is 0. The van der Waals surface area contributed by atoms with Crippen molar-refractivity contribution in [2.24, 2.45) is 0 Å². The molecule has 0 rings (SSSR count). The van der Waals surface area contributed by atoms with E-state index < -0.39 is 0 Å². The summed E-state index contributed by atoms with van der Waals surface area (Å²) in [6, 6.07) is 0. The minimum absolute atomic E-state index is 0.0571. The Morgan fingerprint density at radius 3 is 1.26 bits per heavy atom. The van der Waals surface area contributed by atoms with Gasteiger partial charge in [0.25, 0.3) is 0 Å². The number of aliphatic hydroxyl groups is 1. The topological polar surface area (TPSA) is 29.5 Å². The third-order valence-corrected chi connectivity index (χ3v) is 4.92. The summed E-state index contributed by atoms with van der Waals surface area (Å²) in [6.45, 7) is 2.45. The maximum Gasteiger partial charge on any atom is 0.0802 e. The van der Waals surface area contributed by atoms with Crippen LogP contribution in [0.1, 0.15) is 116 Å². The molecule has 0 aromatic heterocycles. The predicted octanol–water partition coefficient (Wildman–Crippen LogP) is 6.65. The first-order valence-corrected chi connectivity index (χ1v) is 10.5. The van der Waals surface area contributed by atoms with Gasteiger partial charge >= 0.3 is 0 Å². The minimum Gasteiger partial charge on any atom is -0.394 e. The van der Waals surface area contributed by atoms with Crippen molar-refractivity contribution in [3.8, 4) is 0 Å². The fourth-order valence-electron chi connectivity index (χ4n) is 3.20. The molecule has 0 fully saturated rings. The van der Waals surface area contributed by atoms with Crippen molar-refractivity contribution in [3.63, 3.8) is 0 Å². The van der Waals surface area contributed by atoms with Crippen molar-refractivity contribution in [2.75, 3.05) is 13.7 Å². The van der Waals surface area contributed by atoms with Gasteiger partial charge in [0.15, 0.2) is 0 Å². The van der Waals surface area contributed by atoms with E-state index in [2.05, 4.69) is 6.92 Å². The molecule has 0 radical (unpaired) electrons. The summed E-state index contributed by atoms with van der Waals surface area (Å²) in [7, 11) is 1.69. The highest BCUT2D eigenvalue weighted by Gasteiger charge is 2.03. The zero-order valence-corrected chi connectivity index (χ0v) is 16.2. The van der Waals surface area contributed by atoms with Crippen LogP contribution >= 0.6 is 0 Å². The maximum atomic E-state index is 9.03. The van der Waals surface area contributed by atoms with Crippen LogP contribution in [0.5, 0.6) is 0 Å². The zero-order chi connectivity index (χ0) is 17.0. The van der Waals surface area contributed by atoms with Gasteiger partial charge in [0.1, 0.15) is 0 Å². The first-order chi connectivity index (χ1) is 11.3. The van der Waals surface area contributed by atoms with E-state index in [1.807, 2.05) is 0 Å². The maximum absolute atomic E-state index is 9.03. The number of unbranched alkanes of at least 4 members (excludes halogenated alkanes) is 15. The van der Waals surface area contributed by atoms with Gasteiger partial charge < -0.3 is 9.84 Å². The zero-order valence-electron chi connectivity index (χ0n) is 16.2. The first kappa shape index (κ1) is 22.9. The molecule has 1 unspecified atom stereocenters. The Kier molecular flexibility index (Phi) is 19.9. The minimum atomic E-state index is 0.0571. The standard InChI is InChI=1S/C21H44O2/c1-3-4-5-6-7-8-9-10-11-12-13-14-15-16-17-18-19-21(20-22)23-2/h21-22H,3-20H2,1-2H3. The van der Waals surface area contributed by atoms with Gasteiger partial charge in [0, 0.05) is 7.11 Å². The van der Waals surface area contributed by atoms with E-state index >= 15 is 0 Å². The average molecular weight is 329 g/mol. The van der Waals surface area contributed by atoms with Crippen molar-refractivity contribution in [1.82, 2.24) is 0 Å². The van der Waals surface area contributed by atoms with Crippen molar-refractivity contribution in [2.45, 2.75) is 122 Å². The molecule has 2 nitrogen and oxygen atoms in total. The van der Waals surface area contributed by atoms with Gasteiger partial charge in [-0.15, -0.1) is 0 Å². The lowest BCUT2D eigenvalue weighted by Crippen LogP contribution is -2.14. The van der Waals surface area contributed by atoms with Crippen LogP contribution in [-0.4, -0.2) is 24.9 Å². The Balaban J connectivity index is 3.02. The highest BCUT2D eigenvalue weighted by molar-refractivity contribution is 4.56. The van der Waals surface area contributed by atoms with Crippen molar-refractivity contribution < 1.29 is 9.84 Å². The van der Waals surface area contributed by atoms with E-state index in [1.165, 1.54) is 103 Å². The second-order valence-electron chi connectivity index (χ2n) is 7.13. The summed E-state index contributed by atoms with van der Waals surface area (Å²) in [5, 5.41) is 9.03. The quantitative estimate of drug-likeness (QED) is 0.269. The van der Waals surface area contributed by atoms with Gasteiger partial charge in [0.2, 0.25) is 0 Å². The Morgan fingerprint density at radius 2 is 0.957 bits per heavy atom. The van der Waals surface area contributed by atoms with Gasteiger partial charge in [0.05, 0.1) is 12.7 Å². The molecule has 0 saturated carbocycles. The smallest absolute Gasteiger partial charge is 0.0802 e. The fourth-order valence-corrected chi connectivity index (χ4v) is 3.20. The Labute approximate surface area is 146 Å². The summed E-state index contributed by atoms with van der Waals surface area (Å²) < 4.78 is 5.17. The molecule has 0 heterocycles. The molecule has 0 aliphatic rings. The second kappa shape index (κ2) is 20.0. The van der Waals surface area contributed by atoms with Gasteiger partial charge in [-0.2, -0.15) is 0 Å². The van der Waals surface area contributed by atoms with Crippen LogP contribution in [0.3, 0.4) is 0 Å². The molecule has 0 aliphatic heterocycles. The summed E-state index contributed by atoms with van der Waals surface area (Å²) >= 11 is 0. The van der Waals surface area contributed by atoms with Crippen molar-refractivity contribution in [1.29, 1.82) is 0 Å². The monoisotopic (exact) mass is 328 g/mol. The van der Waals surface area contributed by atoms with Gasteiger partial charge in [-0.1, -0.05) is 110 Å². The number of ether oxygens (including phenoxy) is 1. The van der Waals surface area contributed by atoms with E-state index in [0.29, 0.717) is 0 Å². The van der Waals surface area contributed by atoms with E-state index in [0.717, 1.165) is 6.42 Å². The molecule has 23 heavy (non-hydrogen) atoms. The normalized spacial score (nSPS) is 12.7. The Hall–Kier alpha value is -0.0800. The van der Waals surface area contributed by atoms with E-state index in [9.17, 15) is 0 Å². The number of rotatable bonds is 19. The molecule has 0 bridgehead atoms. The SMILES string of the molecule is CCCCCCCCCCCCCCCCCCC(CO)OC. The largest absolute Gasteiger partial charge is 0.394 e. The third kappa shape index (κ3) is 18.1. The van der Waals surface area contributed by atoms with Crippen molar-refractivity contribution in [3.05, 3.63) is 0 Å². The fraction of sp³-hybridized carbons (Fsp3) is 1.00. The number of hydrogen-bond donors (Lipinski definition) is 1. The molecule has 0 aliphatic carbocycles. The second-order valence-corrected chi connectivity index (χ2v) is 7.13. The summed E-state index contributed by atoms with van der Waals surface area (Å²) in [6.07, 6.45) is 23.5. The van der Waals surface area contributed by atoms with Crippen LogP contribution in [0.25, 0.3) is 0 Å². The highest BCUT2D eigenvalue weighted by Crippen LogP contribution is 2.14. The number of aliphatic hydroxyl groups excluding tert-OH is 1. The summed E-state index contributed by atoms with van der Waals surface area (Å²) in [5.41, 5.74) is 0.